The Morgan fingerprint density at radius 2 is 1.90 bits per heavy atom. The summed E-state index contributed by atoms with van der Waals surface area (Å²) in [6, 6.07) is 13.7. The van der Waals surface area contributed by atoms with E-state index in [1.165, 1.54) is 6.33 Å². The topological polar surface area (TPSA) is 96.7 Å². The molecule has 0 atom stereocenters. The number of ether oxygens (including phenoxy) is 1. The van der Waals surface area contributed by atoms with Crippen LogP contribution in [0.25, 0.3) is 11.3 Å². The van der Waals surface area contributed by atoms with Crippen molar-refractivity contribution < 1.29 is 4.74 Å². The lowest BCUT2D eigenvalue weighted by Crippen LogP contribution is -2.08. The van der Waals surface area contributed by atoms with Crippen molar-refractivity contribution in [3.8, 4) is 0 Å². The van der Waals surface area contributed by atoms with Gasteiger partial charge in [-0.15, -0.1) is 0 Å². The Bertz CT molecular complexity index is 1140. The number of methoxy groups -OCH3 is 1. The van der Waals surface area contributed by atoms with Gasteiger partial charge < -0.3 is 15.5 Å². The molecule has 2 aromatic heterocycles. The van der Waals surface area contributed by atoms with Gasteiger partial charge in [0, 0.05) is 30.1 Å². The lowest BCUT2D eigenvalue weighted by atomic mass is 9.96. The number of aromatic nitrogens is 4. The van der Waals surface area contributed by atoms with Gasteiger partial charge in [0.2, 0.25) is 5.95 Å². The number of hydrogen-bond donors (Lipinski definition) is 2. The fraction of sp³-hybridized carbons (Fsp3) is 0.0870. The third kappa shape index (κ3) is 4.30. The average molecular weight is 396 g/mol. The van der Waals surface area contributed by atoms with E-state index in [1.807, 2.05) is 48.6 Å². The molecule has 148 valence electrons. The minimum atomic E-state index is 0.339. The molecule has 0 bridgehead atoms. The van der Waals surface area contributed by atoms with E-state index in [9.17, 15) is 0 Å². The number of anilines is 1. The van der Waals surface area contributed by atoms with Gasteiger partial charge in [-0.05, 0) is 29.8 Å². The maximum absolute atomic E-state index is 8.33. The molecule has 0 fully saturated rings. The molecule has 1 aromatic carbocycles. The predicted molar refractivity (Wildman–Crippen MR) is 117 cm³/mol. The van der Waals surface area contributed by atoms with Gasteiger partial charge in [0.25, 0.3) is 0 Å². The molecule has 2 heterocycles. The van der Waals surface area contributed by atoms with Crippen LogP contribution in [0.4, 0.5) is 5.95 Å². The smallest absolute Gasteiger partial charge is 0.223 e. The third-order valence-corrected chi connectivity index (χ3v) is 4.53. The standard InChI is InChI=1S/C23H20N6O/c1-30-22(21-9-11-25-15-28-21)18-13-17(7-8-19(18)24)20-10-12-26-23(29-20)27-14-16-5-3-2-4-6-16/h2-13,15,24H,14H2,1H3,(H,26,27,29)/b22-18-,24-19?. The first kappa shape index (κ1) is 19.2. The number of rotatable bonds is 6. The van der Waals surface area contributed by atoms with Crippen molar-refractivity contribution in [1.29, 1.82) is 5.41 Å². The van der Waals surface area contributed by atoms with E-state index >= 15 is 0 Å². The van der Waals surface area contributed by atoms with Gasteiger partial charge in [0.15, 0.2) is 5.76 Å². The van der Waals surface area contributed by atoms with Crippen molar-refractivity contribution in [3.63, 3.8) is 0 Å². The first-order chi connectivity index (χ1) is 14.7. The summed E-state index contributed by atoms with van der Waals surface area (Å²) in [7, 11) is 1.57. The molecule has 0 aliphatic heterocycles. The van der Waals surface area contributed by atoms with Crippen molar-refractivity contribution in [2.45, 2.75) is 6.54 Å². The zero-order chi connectivity index (χ0) is 20.8. The summed E-state index contributed by atoms with van der Waals surface area (Å²) in [5.74, 6) is 1.06. The minimum Gasteiger partial charge on any atom is -0.494 e. The molecule has 0 spiro atoms. The van der Waals surface area contributed by atoms with Crippen LogP contribution in [-0.2, 0) is 11.3 Å². The van der Waals surface area contributed by atoms with Gasteiger partial charge in [-0.25, -0.2) is 19.9 Å². The van der Waals surface area contributed by atoms with E-state index in [-0.39, 0.29) is 0 Å². The summed E-state index contributed by atoms with van der Waals surface area (Å²) in [6.07, 6.45) is 10.3. The summed E-state index contributed by atoms with van der Waals surface area (Å²) in [5, 5.41) is 11.6. The molecule has 1 aliphatic rings. The highest BCUT2D eigenvalue weighted by Crippen LogP contribution is 2.27. The molecule has 0 amide bonds. The first-order valence-electron chi connectivity index (χ1n) is 9.39. The molecule has 7 nitrogen and oxygen atoms in total. The van der Waals surface area contributed by atoms with Crippen molar-refractivity contribution >= 4 is 23.0 Å². The highest BCUT2D eigenvalue weighted by molar-refractivity contribution is 6.16. The van der Waals surface area contributed by atoms with Gasteiger partial charge in [0.05, 0.1) is 18.5 Å². The zero-order valence-electron chi connectivity index (χ0n) is 16.4. The van der Waals surface area contributed by atoms with Gasteiger partial charge in [-0.2, -0.15) is 0 Å². The third-order valence-electron chi connectivity index (χ3n) is 4.53. The van der Waals surface area contributed by atoms with Crippen LogP contribution in [0.5, 0.6) is 0 Å². The highest BCUT2D eigenvalue weighted by Gasteiger charge is 2.17. The van der Waals surface area contributed by atoms with Crippen LogP contribution in [0.15, 0.2) is 85.0 Å². The van der Waals surface area contributed by atoms with Crippen LogP contribution in [0.3, 0.4) is 0 Å². The predicted octanol–water partition coefficient (Wildman–Crippen LogP) is 3.91. The Balaban J connectivity index is 1.63. The normalized spacial score (nSPS) is 14.8. The molecule has 2 N–H and O–H groups in total. The Kier molecular flexibility index (Phi) is 5.70. The molecule has 0 unspecified atom stereocenters. The van der Waals surface area contributed by atoms with Crippen molar-refractivity contribution in [1.82, 2.24) is 19.9 Å². The highest BCUT2D eigenvalue weighted by atomic mass is 16.5. The Morgan fingerprint density at radius 1 is 1.03 bits per heavy atom. The molecule has 3 aromatic rings. The largest absolute Gasteiger partial charge is 0.494 e. The summed E-state index contributed by atoms with van der Waals surface area (Å²) >= 11 is 0. The van der Waals surface area contributed by atoms with E-state index in [0.717, 1.165) is 16.8 Å². The number of benzene rings is 1. The second-order valence-electron chi connectivity index (χ2n) is 6.49. The Labute approximate surface area is 174 Å². The van der Waals surface area contributed by atoms with Crippen molar-refractivity contribution in [3.05, 3.63) is 102 Å². The lowest BCUT2D eigenvalue weighted by Gasteiger charge is -2.15. The average Bonchev–Trinajstić information content (AvgIpc) is 2.81. The number of allylic oxidation sites excluding steroid dienone is 5. The molecule has 7 heteroatoms. The van der Waals surface area contributed by atoms with Gasteiger partial charge >= 0.3 is 0 Å². The zero-order valence-corrected chi connectivity index (χ0v) is 16.4. The number of nitrogens with one attached hydrogen (secondary N) is 2. The van der Waals surface area contributed by atoms with Crippen LogP contribution in [0.2, 0.25) is 0 Å². The number of hydrogen-bond acceptors (Lipinski definition) is 7. The van der Waals surface area contributed by atoms with Crippen molar-refractivity contribution in [2.75, 3.05) is 12.4 Å². The Hall–Kier alpha value is -4.13. The summed E-state index contributed by atoms with van der Waals surface area (Å²) in [6.45, 7) is 0.635. The van der Waals surface area contributed by atoms with E-state index in [0.29, 0.717) is 35.2 Å². The molecule has 4 rings (SSSR count). The summed E-state index contributed by atoms with van der Waals surface area (Å²) in [5.41, 5.74) is 4.34. The summed E-state index contributed by atoms with van der Waals surface area (Å²) < 4.78 is 5.57. The second-order valence-corrected chi connectivity index (χ2v) is 6.49. The van der Waals surface area contributed by atoms with E-state index < -0.39 is 0 Å². The van der Waals surface area contributed by atoms with Gasteiger partial charge in [0.1, 0.15) is 12.0 Å². The Morgan fingerprint density at radius 3 is 2.67 bits per heavy atom. The van der Waals surface area contributed by atoms with Gasteiger partial charge in [-0.1, -0.05) is 36.4 Å². The number of nitrogens with zero attached hydrogens (tertiary/aromatic N) is 4. The lowest BCUT2D eigenvalue weighted by molar-refractivity contribution is 0.367. The molecule has 30 heavy (non-hydrogen) atoms. The van der Waals surface area contributed by atoms with Crippen LogP contribution in [0.1, 0.15) is 17.0 Å². The van der Waals surface area contributed by atoms with Crippen LogP contribution < -0.4 is 5.32 Å². The molecular formula is C23H20N6O. The van der Waals surface area contributed by atoms with Crippen LogP contribution >= 0.6 is 0 Å². The maximum atomic E-state index is 8.33. The minimum absolute atomic E-state index is 0.339. The van der Waals surface area contributed by atoms with Crippen LogP contribution in [0, 0.1) is 5.41 Å². The summed E-state index contributed by atoms with van der Waals surface area (Å²) in [4.78, 5) is 17.1. The molecular weight excluding hydrogens is 376 g/mol. The molecule has 0 saturated carbocycles. The monoisotopic (exact) mass is 396 g/mol. The van der Waals surface area contributed by atoms with Gasteiger partial charge in [-0.3, -0.25) is 0 Å². The fourth-order valence-electron chi connectivity index (χ4n) is 3.05. The molecule has 0 saturated heterocycles. The van der Waals surface area contributed by atoms with Crippen LogP contribution in [-0.4, -0.2) is 32.8 Å². The van der Waals surface area contributed by atoms with E-state index in [1.54, 1.807) is 31.6 Å². The maximum Gasteiger partial charge on any atom is 0.223 e. The SMILES string of the molecule is CO/C(=C1/C=C(c2ccnc(NCc3ccccc3)n2)C=CC1=N)c1ccncn1. The fourth-order valence-corrected chi connectivity index (χ4v) is 3.05. The van der Waals surface area contributed by atoms with E-state index in [4.69, 9.17) is 10.1 Å². The van der Waals surface area contributed by atoms with E-state index in [2.05, 4.69) is 25.3 Å². The molecule has 0 radical (unpaired) electrons. The quantitative estimate of drug-likeness (QED) is 0.613. The first-order valence-corrected chi connectivity index (χ1v) is 9.39. The van der Waals surface area contributed by atoms with Crippen molar-refractivity contribution in [2.24, 2.45) is 0 Å². The molecule has 1 aliphatic carbocycles. The second kappa shape index (κ2) is 8.91.